The summed E-state index contributed by atoms with van der Waals surface area (Å²) in [6, 6.07) is 4.25. The number of allylic oxidation sites excluding steroid dienone is 1. The molecule has 2 saturated heterocycles. The molecule has 2 aromatic rings. The van der Waals surface area contributed by atoms with Gasteiger partial charge in [-0.3, -0.25) is 4.79 Å². The van der Waals surface area contributed by atoms with Crippen LogP contribution in [0.1, 0.15) is 37.8 Å². The quantitative estimate of drug-likeness (QED) is 0.571. The molecule has 0 radical (unpaired) electrons. The summed E-state index contributed by atoms with van der Waals surface area (Å²) >= 11 is 0. The number of amides is 1. The van der Waals surface area contributed by atoms with Crippen molar-refractivity contribution in [3.05, 3.63) is 35.8 Å². The van der Waals surface area contributed by atoms with E-state index in [9.17, 15) is 10.1 Å². The van der Waals surface area contributed by atoms with Gasteiger partial charge in [-0.25, -0.2) is 4.52 Å². The summed E-state index contributed by atoms with van der Waals surface area (Å²) in [5, 5.41) is 28.2. The fourth-order valence-corrected chi connectivity index (χ4v) is 4.07. The molecule has 4 heterocycles. The molecule has 32 heavy (non-hydrogen) atoms. The summed E-state index contributed by atoms with van der Waals surface area (Å²) in [7, 11) is 0. The second kappa shape index (κ2) is 9.40. The Kier molecular flexibility index (Phi) is 6.42. The molecule has 2 aliphatic heterocycles. The van der Waals surface area contributed by atoms with Crippen molar-refractivity contribution in [2.45, 2.75) is 38.8 Å². The van der Waals surface area contributed by atoms with E-state index in [0.29, 0.717) is 22.4 Å². The maximum Gasteiger partial charge on any atom is 0.228 e. The number of piperidine rings is 1. The van der Waals surface area contributed by atoms with E-state index in [-0.39, 0.29) is 24.0 Å². The molecule has 0 spiro atoms. The molecule has 4 rings (SSSR count). The monoisotopic (exact) mass is 435 g/mol. The van der Waals surface area contributed by atoms with Crippen LogP contribution in [0.5, 0.6) is 5.75 Å². The van der Waals surface area contributed by atoms with Gasteiger partial charge in [-0.1, -0.05) is 0 Å². The highest BCUT2D eigenvalue weighted by atomic mass is 16.5. The Labute approximate surface area is 187 Å². The number of hydrogen-bond donors (Lipinski definition) is 3. The Morgan fingerprint density at radius 1 is 1.41 bits per heavy atom. The van der Waals surface area contributed by atoms with E-state index in [1.807, 2.05) is 31.0 Å². The molecule has 1 amide bonds. The van der Waals surface area contributed by atoms with Crippen molar-refractivity contribution in [1.29, 1.82) is 10.7 Å². The molecule has 2 aromatic heterocycles. The number of fused-ring (bicyclic) bond motifs is 1. The lowest BCUT2D eigenvalue weighted by Crippen LogP contribution is -2.54. The third kappa shape index (κ3) is 4.46. The van der Waals surface area contributed by atoms with Crippen molar-refractivity contribution in [3.8, 4) is 11.8 Å². The van der Waals surface area contributed by atoms with E-state index in [2.05, 4.69) is 21.8 Å². The molecule has 0 aliphatic carbocycles. The van der Waals surface area contributed by atoms with E-state index in [0.717, 1.165) is 44.6 Å². The molecular formula is C23H29N7O2. The third-order valence-electron chi connectivity index (χ3n) is 5.96. The summed E-state index contributed by atoms with van der Waals surface area (Å²) in [6.45, 7) is 6.95. The SMILES string of the molecule is CC(C)Oc1cc(/C(C=N)=C/NC2CCN(C(=O)C3CNC3)CC2)cn2ncc(C#N)c12. The van der Waals surface area contributed by atoms with Crippen LogP contribution in [0.15, 0.2) is 24.7 Å². The van der Waals surface area contributed by atoms with Crippen LogP contribution in [-0.2, 0) is 4.79 Å². The number of likely N-dealkylation sites (tertiary alicyclic amines) is 1. The second-order valence-electron chi connectivity index (χ2n) is 8.59. The molecule has 0 unspecified atom stereocenters. The lowest BCUT2D eigenvalue weighted by Gasteiger charge is -2.37. The van der Waals surface area contributed by atoms with E-state index in [4.69, 9.17) is 10.1 Å². The third-order valence-corrected chi connectivity index (χ3v) is 5.96. The molecule has 3 N–H and O–H groups in total. The van der Waals surface area contributed by atoms with Gasteiger partial charge in [0.1, 0.15) is 22.9 Å². The molecule has 9 heteroatoms. The lowest BCUT2D eigenvalue weighted by atomic mass is 9.98. The van der Waals surface area contributed by atoms with Gasteiger partial charge in [0, 0.05) is 62.0 Å². The number of rotatable bonds is 7. The Morgan fingerprint density at radius 3 is 2.75 bits per heavy atom. The number of hydrogen-bond acceptors (Lipinski definition) is 7. The smallest absolute Gasteiger partial charge is 0.228 e. The van der Waals surface area contributed by atoms with Crippen LogP contribution >= 0.6 is 0 Å². The summed E-state index contributed by atoms with van der Waals surface area (Å²) < 4.78 is 7.58. The van der Waals surface area contributed by atoms with Gasteiger partial charge >= 0.3 is 0 Å². The molecule has 2 aliphatic rings. The summed E-state index contributed by atoms with van der Waals surface area (Å²) in [5.74, 6) is 0.974. The molecule has 9 nitrogen and oxygen atoms in total. The summed E-state index contributed by atoms with van der Waals surface area (Å²) in [5.41, 5.74) is 2.53. The van der Waals surface area contributed by atoms with E-state index < -0.39 is 0 Å². The Morgan fingerprint density at radius 2 is 2.16 bits per heavy atom. The number of carbonyl (C=O) groups is 1. The summed E-state index contributed by atoms with van der Waals surface area (Å²) in [4.78, 5) is 14.4. The molecule has 168 valence electrons. The highest BCUT2D eigenvalue weighted by Crippen LogP contribution is 2.28. The minimum absolute atomic E-state index is 0.0651. The zero-order valence-electron chi connectivity index (χ0n) is 18.5. The molecule has 0 saturated carbocycles. The van der Waals surface area contributed by atoms with Gasteiger partial charge in [0.25, 0.3) is 0 Å². The minimum Gasteiger partial charge on any atom is -0.489 e. The van der Waals surface area contributed by atoms with E-state index in [1.54, 1.807) is 10.7 Å². The number of aromatic nitrogens is 2. The van der Waals surface area contributed by atoms with Crippen molar-refractivity contribution in [2.75, 3.05) is 26.2 Å². The van der Waals surface area contributed by atoms with E-state index in [1.165, 1.54) is 12.4 Å². The van der Waals surface area contributed by atoms with Crippen LogP contribution in [0.2, 0.25) is 0 Å². The highest BCUT2D eigenvalue weighted by molar-refractivity contribution is 6.08. The van der Waals surface area contributed by atoms with Gasteiger partial charge in [-0.15, -0.1) is 0 Å². The van der Waals surface area contributed by atoms with Crippen molar-refractivity contribution < 1.29 is 9.53 Å². The Hall–Kier alpha value is -3.38. The van der Waals surface area contributed by atoms with Crippen LogP contribution in [0.3, 0.4) is 0 Å². The first-order chi connectivity index (χ1) is 15.5. The predicted octanol–water partition coefficient (Wildman–Crippen LogP) is 1.78. The van der Waals surface area contributed by atoms with Crippen LogP contribution in [-0.4, -0.2) is 65.0 Å². The fraction of sp³-hybridized carbons (Fsp3) is 0.478. The van der Waals surface area contributed by atoms with Gasteiger partial charge < -0.3 is 25.7 Å². The van der Waals surface area contributed by atoms with Gasteiger partial charge in [-0.05, 0) is 32.8 Å². The molecule has 0 atom stereocenters. The van der Waals surface area contributed by atoms with Crippen molar-refractivity contribution in [1.82, 2.24) is 25.1 Å². The zero-order chi connectivity index (χ0) is 22.7. The predicted molar refractivity (Wildman–Crippen MR) is 122 cm³/mol. The van der Waals surface area contributed by atoms with Crippen LogP contribution in [0.25, 0.3) is 11.1 Å². The normalized spacial score (nSPS) is 17.8. The highest BCUT2D eigenvalue weighted by Gasteiger charge is 2.31. The second-order valence-corrected chi connectivity index (χ2v) is 8.59. The molecule has 2 fully saturated rings. The number of nitriles is 1. The first kappa shape index (κ1) is 21.8. The maximum atomic E-state index is 12.4. The number of nitrogens with zero attached hydrogens (tertiary/aromatic N) is 4. The average Bonchev–Trinajstić information content (AvgIpc) is 3.16. The van der Waals surface area contributed by atoms with Gasteiger partial charge in [0.05, 0.1) is 18.2 Å². The van der Waals surface area contributed by atoms with Crippen molar-refractivity contribution in [2.24, 2.45) is 5.92 Å². The minimum atomic E-state index is -0.0651. The standard InChI is InChI=1S/C23H29N7O2/c1-15(2)32-21-7-16(14-30-22(21)18(9-25)13-28-30)17(8-24)12-27-20-3-5-29(6-4-20)23(31)19-10-26-11-19/h7-8,12-15,19-20,24,26-27H,3-6,10-11H2,1-2H3/b17-12+,24-8?. The molecular weight excluding hydrogens is 406 g/mol. The Bertz CT molecular complexity index is 1070. The van der Waals surface area contributed by atoms with Crippen LogP contribution in [0, 0.1) is 22.7 Å². The molecule has 0 bridgehead atoms. The number of carbonyl (C=O) groups excluding carboxylic acids is 1. The zero-order valence-corrected chi connectivity index (χ0v) is 18.5. The number of ether oxygens (including phenoxy) is 1. The van der Waals surface area contributed by atoms with Crippen molar-refractivity contribution in [3.63, 3.8) is 0 Å². The Balaban J connectivity index is 1.48. The maximum absolute atomic E-state index is 12.4. The first-order valence-corrected chi connectivity index (χ1v) is 11.0. The van der Waals surface area contributed by atoms with Crippen LogP contribution in [0.4, 0.5) is 0 Å². The van der Waals surface area contributed by atoms with Crippen molar-refractivity contribution >= 4 is 23.2 Å². The van der Waals surface area contributed by atoms with E-state index >= 15 is 0 Å². The number of pyridine rings is 1. The van der Waals surface area contributed by atoms with Gasteiger partial charge in [0.15, 0.2) is 0 Å². The lowest BCUT2D eigenvalue weighted by molar-refractivity contribution is -0.138. The van der Waals surface area contributed by atoms with Gasteiger partial charge in [0.2, 0.25) is 5.91 Å². The largest absolute Gasteiger partial charge is 0.489 e. The van der Waals surface area contributed by atoms with Crippen LogP contribution < -0.4 is 15.4 Å². The average molecular weight is 436 g/mol. The fourth-order valence-electron chi connectivity index (χ4n) is 4.07. The summed E-state index contributed by atoms with van der Waals surface area (Å²) in [6.07, 6.45) is 8.15. The number of nitrogens with one attached hydrogen (secondary N) is 3. The topological polar surface area (TPSA) is 119 Å². The van der Waals surface area contributed by atoms with Gasteiger partial charge in [-0.2, -0.15) is 10.4 Å². The first-order valence-electron chi connectivity index (χ1n) is 11.0. The molecule has 0 aromatic carbocycles.